The summed E-state index contributed by atoms with van der Waals surface area (Å²) in [7, 11) is 1.55. The Balaban J connectivity index is 1.63. The van der Waals surface area contributed by atoms with Crippen molar-refractivity contribution in [1.29, 1.82) is 0 Å². The second-order valence-corrected chi connectivity index (χ2v) is 7.18. The standard InChI is InChI=1S/C24H22N2O4/c1-14-16-8-4-6-10-18(16)26-20(12-29-3)22(14)24(28)30-13-21(27)23-15(2)25-19-11-7-5-9-17(19)23/h4-11,25H,12-13H2,1-3H3. The molecule has 0 aliphatic heterocycles. The van der Waals surface area contributed by atoms with Crippen LogP contribution in [0.1, 0.15) is 37.7 Å². The van der Waals surface area contributed by atoms with Crippen LogP contribution in [0.2, 0.25) is 0 Å². The van der Waals surface area contributed by atoms with E-state index >= 15 is 0 Å². The number of esters is 1. The predicted molar refractivity (Wildman–Crippen MR) is 115 cm³/mol. The average Bonchev–Trinajstić information content (AvgIpc) is 3.08. The molecule has 0 bridgehead atoms. The highest BCUT2D eigenvalue weighted by Gasteiger charge is 2.22. The molecule has 2 aromatic heterocycles. The number of carbonyl (C=O) groups excluding carboxylic acids is 2. The summed E-state index contributed by atoms with van der Waals surface area (Å²) in [6, 6.07) is 15.1. The summed E-state index contributed by atoms with van der Waals surface area (Å²) in [6.45, 7) is 3.51. The number of hydrogen-bond acceptors (Lipinski definition) is 5. The zero-order chi connectivity index (χ0) is 21.3. The molecule has 0 aliphatic carbocycles. The third-order valence-electron chi connectivity index (χ3n) is 5.22. The number of H-pyrrole nitrogens is 1. The number of aromatic amines is 1. The van der Waals surface area contributed by atoms with Gasteiger partial charge in [0.05, 0.1) is 23.4 Å². The average molecular weight is 402 g/mol. The van der Waals surface area contributed by atoms with Gasteiger partial charge in [-0.15, -0.1) is 0 Å². The molecule has 0 atom stereocenters. The van der Waals surface area contributed by atoms with E-state index in [1.165, 1.54) is 0 Å². The van der Waals surface area contributed by atoms with Crippen LogP contribution < -0.4 is 0 Å². The van der Waals surface area contributed by atoms with E-state index in [9.17, 15) is 9.59 Å². The lowest BCUT2D eigenvalue weighted by Gasteiger charge is -2.13. The molecule has 1 N–H and O–H groups in total. The summed E-state index contributed by atoms with van der Waals surface area (Å²) in [5.41, 5.74) is 4.55. The quantitative estimate of drug-likeness (QED) is 0.379. The van der Waals surface area contributed by atoms with Crippen molar-refractivity contribution in [1.82, 2.24) is 9.97 Å². The van der Waals surface area contributed by atoms with Crippen molar-refractivity contribution in [2.75, 3.05) is 13.7 Å². The maximum atomic E-state index is 12.9. The maximum absolute atomic E-state index is 12.9. The van der Waals surface area contributed by atoms with Crippen molar-refractivity contribution < 1.29 is 19.1 Å². The van der Waals surface area contributed by atoms with E-state index in [0.29, 0.717) is 16.8 Å². The van der Waals surface area contributed by atoms with Crippen LogP contribution in [0, 0.1) is 13.8 Å². The van der Waals surface area contributed by atoms with Gasteiger partial charge in [0.1, 0.15) is 0 Å². The molecule has 0 saturated carbocycles. The number of hydrogen-bond donors (Lipinski definition) is 1. The zero-order valence-corrected chi connectivity index (χ0v) is 17.1. The number of ketones is 1. The van der Waals surface area contributed by atoms with Gasteiger partial charge in [-0.1, -0.05) is 36.4 Å². The van der Waals surface area contributed by atoms with Crippen molar-refractivity contribution >= 4 is 33.6 Å². The molecule has 6 nitrogen and oxygen atoms in total. The number of aryl methyl sites for hydroxylation is 2. The number of ether oxygens (including phenoxy) is 2. The van der Waals surface area contributed by atoms with Gasteiger partial charge >= 0.3 is 5.97 Å². The van der Waals surface area contributed by atoms with Gasteiger partial charge in [-0.2, -0.15) is 0 Å². The van der Waals surface area contributed by atoms with Crippen LogP contribution in [0.4, 0.5) is 0 Å². The summed E-state index contributed by atoms with van der Waals surface area (Å²) in [5, 5.41) is 1.68. The number of pyridine rings is 1. The molecule has 2 heterocycles. The molecule has 30 heavy (non-hydrogen) atoms. The van der Waals surface area contributed by atoms with Crippen LogP contribution in [-0.2, 0) is 16.1 Å². The third kappa shape index (κ3) is 3.46. The first-order valence-corrected chi connectivity index (χ1v) is 9.66. The highest BCUT2D eigenvalue weighted by atomic mass is 16.5. The van der Waals surface area contributed by atoms with E-state index in [4.69, 9.17) is 9.47 Å². The number of nitrogens with one attached hydrogen (secondary N) is 1. The van der Waals surface area contributed by atoms with Crippen molar-refractivity contribution in [3.8, 4) is 0 Å². The van der Waals surface area contributed by atoms with Crippen LogP contribution in [0.25, 0.3) is 21.8 Å². The van der Waals surface area contributed by atoms with E-state index in [1.807, 2.05) is 62.4 Å². The Morgan fingerprint density at radius 1 is 0.967 bits per heavy atom. The Bertz CT molecular complexity index is 1270. The molecule has 0 radical (unpaired) electrons. The minimum atomic E-state index is -0.580. The SMILES string of the molecule is COCc1nc2ccccc2c(C)c1C(=O)OCC(=O)c1c(C)[nH]c2ccccc12. The van der Waals surface area contributed by atoms with Crippen LogP contribution in [0.3, 0.4) is 0 Å². The molecule has 0 unspecified atom stereocenters. The van der Waals surface area contributed by atoms with Gasteiger partial charge in [-0.25, -0.2) is 9.78 Å². The number of benzene rings is 2. The Morgan fingerprint density at radius 3 is 2.43 bits per heavy atom. The van der Waals surface area contributed by atoms with Gasteiger partial charge in [-0.05, 0) is 31.5 Å². The molecule has 0 spiro atoms. The Morgan fingerprint density at radius 2 is 1.67 bits per heavy atom. The largest absolute Gasteiger partial charge is 0.454 e. The van der Waals surface area contributed by atoms with Crippen molar-refractivity contribution in [2.45, 2.75) is 20.5 Å². The van der Waals surface area contributed by atoms with Gasteiger partial charge in [-0.3, -0.25) is 4.79 Å². The van der Waals surface area contributed by atoms with E-state index in [-0.39, 0.29) is 19.0 Å². The highest BCUT2D eigenvalue weighted by molar-refractivity contribution is 6.10. The molecular formula is C24H22N2O4. The molecule has 0 fully saturated rings. The highest BCUT2D eigenvalue weighted by Crippen LogP contribution is 2.25. The van der Waals surface area contributed by atoms with Crippen molar-refractivity contribution in [3.05, 3.63) is 76.6 Å². The molecule has 4 rings (SSSR count). The Kier molecular flexibility index (Phi) is 5.33. The number of fused-ring (bicyclic) bond motifs is 2. The lowest BCUT2D eigenvalue weighted by atomic mass is 10.0. The van der Waals surface area contributed by atoms with Gasteiger partial charge in [0.25, 0.3) is 0 Å². The second kappa shape index (κ2) is 8.08. The maximum Gasteiger partial charge on any atom is 0.340 e. The summed E-state index contributed by atoms with van der Waals surface area (Å²) in [4.78, 5) is 33.6. The van der Waals surface area contributed by atoms with E-state index in [2.05, 4.69) is 9.97 Å². The second-order valence-electron chi connectivity index (χ2n) is 7.18. The molecule has 0 amide bonds. The predicted octanol–water partition coefficient (Wildman–Crippen LogP) is 4.52. The first-order valence-electron chi connectivity index (χ1n) is 9.66. The number of carbonyl (C=O) groups is 2. The van der Waals surface area contributed by atoms with Gasteiger partial charge in [0, 0.05) is 34.7 Å². The van der Waals surface area contributed by atoms with Crippen molar-refractivity contribution in [3.63, 3.8) is 0 Å². The number of para-hydroxylation sites is 2. The minimum Gasteiger partial charge on any atom is -0.454 e. The summed E-state index contributed by atoms with van der Waals surface area (Å²) < 4.78 is 10.7. The number of methoxy groups -OCH3 is 1. The molecular weight excluding hydrogens is 380 g/mol. The molecule has 6 heteroatoms. The summed E-state index contributed by atoms with van der Waals surface area (Å²) in [6.07, 6.45) is 0. The van der Waals surface area contributed by atoms with Crippen molar-refractivity contribution in [2.24, 2.45) is 0 Å². The zero-order valence-electron chi connectivity index (χ0n) is 17.1. The summed E-state index contributed by atoms with van der Waals surface area (Å²) >= 11 is 0. The van der Waals surface area contributed by atoms with Crippen LogP contribution in [0.15, 0.2) is 48.5 Å². The fourth-order valence-corrected chi connectivity index (χ4v) is 3.86. The van der Waals surface area contributed by atoms with E-state index in [1.54, 1.807) is 7.11 Å². The number of aromatic nitrogens is 2. The molecule has 152 valence electrons. The molecule has 0 saturated heterocycles. The lowest BCUT2D eigenvalue weighted by Crippen LogP contribution is -2.18. The fourth-order valence-electron chi connectivity index (χ4n) is 3.86. The molecule has 4 aromatic rings. The van der Waals surface area contributed by atoms with Crippen LogP contribution in [-0.4, -0.2) is 35.4 Å². The van der Waals surface area contributed by atoms with E-state index < -0.39 is 5.97 Å². The van der Waals surface area contributed by atoms with Gasteiger partial charge < -0.3 is 14.5 Å². The number of nitrogens with zero attached hydrogens (tertiary/aromatic N) is 1. The first-order chi connectivity index (χ1) is 14.5. The van der Waals surface area contributed by atoms with Crippen LogP contribution in [0.5, 0.6) is 0 Å². The smallest absolute Gasteiger partial charge is 0.340 e. The first kappa shape index (κ1) is 19.8. The van der Waals surface area contributed by atoms with Gasteiger partial charge in [0.2, 0.25) is 5.78 Å². The van der Waals surface area contributed by atoms with Crippen LogP contribution >= 0.6 is 0 Å². The van der Waals surface area contributed by atoms with Gasteiger partial charge in [0.15, 0.2) is 6.61 Å². The monoisotopic (exact) mass is 402 g/mol. The molecule has 0 aliphatic rings. The number of rotatable bonds is 6. The molecule has 2 aromatic carbocycles. The number of Topliss-reactive ketones (excluding diaryl/α,β-unsaturated/α-hetero) is 1. The third-order valence-corrected chi connectivity index (χ3v) is 5.22. The lowest BCUT2D eigenvalue weighted by molar-refractivity contribution is 0.0469. The normalized spacial score (nSPS) is 11.2. The summed E-state index contributed by atoms with van der Waals surface area (Å²) in [5.74, 6) is -0.832. The minimum absolute atomic E-state index is 0.172. The van der Waals surface area contributed by atoms with E-state index in [0.717, 1.165) is 33.1 Å². The fraction of sp³-hybridized carbons (Fsp3) is 0.208. The topological polar surface area (TPSA) is 81.3 Å². The Hall–Kier alpha value is -3.51. The Labute approximate surface area is 173 Å².